The summed E-state index contributed by atoms with van der Waals surface area (Å²) in [6.07, 6.45) is 5.10. The highest BCUT2D eigenvalue weighted by molar-refractivity contribution is 7.98. The van der Waals surface area contributed by atoms with Gasteiger partial charge in [-0.05, 0) is 31.0 Å². The molecule has 17 heavy (non-hydrogen) atoms. The van der Waals surface area contributed by atoms with Gasteiger partial charge in [0.05, 0.1) is 10.7 Å². The van der Waals surface area contributed by atoms with Crippen LogP contribution in [0.1, 0.15) is 16.8 Å². The molecule has 0 aliphatic carbocycles. The lowest BCUT2D eigenvalue weighted by Crippen LogP contribution is -2.00. The summed E-state index contributed by atoms with van der Waals surface area (Å²) in [5.74, 6) is 0.771. The van der Waals surface area contributed by atoms with Crippen LogP contribution >= 0.6 is 11.8 Å². The second-order valence-corrected chi connectivity index (χ2v) is 4.76. The predicted molar refractivity (Wildman–Crippen MR) is 69.7 cm³/mol. The van der Waals surface area contributed by atoms with Crippen LogP contribution in [0.25, 0.3) is 0 Å². The minimum absolute atomic E-state index is 0.771. The van der Waals surface area contributed by atoms with Crippen molar-refractivity contribution < 1.29 is 0 Å². The molecule has 0 fully saturated rings. The van der Waals surface area contributed by atoms with E-state index < -0.39 is 0 Å². The van der Waals surface area contributed by atoms with Crippen molar-refractivity contribution in [3.8, 4) is 0 Å². The Morgan fingerprint density at radius 1 is 1.29 bits per heavy atom. The highest BCUT2D eigenvalue weighted by atomic mass is 32.2. The lowest BCUT2D eigenvalue weighted by atomic mass is 10.1. The Hall–Kier alpha value is -1.62. The molecular weight excluding hydrogens is 232 g/mol. The number of aromatic nitrogens is 3. The Bertz CT molecular complexity index is 513. The van der Waals surface area contributed by atoms with Crippen molar-refractivity contribution in [2.45, 2.75) is 24.6 Å². The van der Waals surface area contributed by atoms with Gasteiger partial charge in [-0.15, -0.1) is 0 Å². The van der Waals surface area contributed by atoms with Crippen LogP contribution in [-0.2, 0) is 5.75 Å². The molecule has 0 unspecified atom stereocenters. The van der Waals surface area contributed by atoms with E-state index in [-0.39, 0.29) is 0 Å². The van der Waals surface area contributed by atoms with E-state index in [1.807, 2.05) is 26.1 Å². The van der Waals surface area contributed by atoms with E-state index in [9.17, 15) is 0 Å². The van der Waals surface area contributed by atoms with Crippen LogP contribution in [-0.4, -0.2) is 15.0 Å². The first kappa shape index (κ1) is 11.9. The number of nitrogens with two attached hydrogens (primary N) is 1. The van der Waals surface area contributed by atoms with Gasteiger partial charge in [-0.2, -0.15) is 0 Å². The number of aryl methyl sites for hydroxylation is 1. The van der Waals surface area contributed by atoms with E-state index in [2.05, 4.69) is 15.0 Å². The quantitative estimate of drug-likeness (QED) is 0.665. The summed E-state index contributed by atoms with van der Waals surface area (Å²) in [5, 5.41) is 0.945. The Labute approximate surface area is 105 Å². The number of hydrogen-bond donors (Lipinski definition) is 1. The van der Waals surface area contributed by atoms with Crippen LogP contribution in [0.15, 0.2) is 29.8 Å². The number of pyridine rings is 1. The van der Waals surface area contributed by atoms with Crippen molar-refractivity contribution in [3.05, 3.63) is 41.6 Å². The van der Waals surface area contributed by atoms with Gasteiger partial charge < -0.3 is 5.73 Å². The van der Waals surface area contributed by atoms with Gasteiger partial charge in [-0.1, -0.05) is 11.8 Å². The summed E-state index contributed by atoms with van der Waals surface area (Å²) >= 11 is 1.63. The maximum absolute atomic E-state index is 5.98. The lowest BCUT2D eigenvalue weighted by molar-refractivity contribution is 1.04. The number of anilines is 1. The Morgan fingerprint density at radius 2 is 2.12 bits per heavy atom. The molecule has 2 aromatic rings. The van der Waals surface area contributed by atoms with Crippen LogP contribution in [0.2, 0.25) is 0 Å². The number of rotatable bonds is 3. The summed E-state index contributed by atoms with van der Waals surface area (Å²) in [7, 11) is 0. The van der Waals surface area contributed by atoms with E-state index in [0.717, 1.165) is 33.3 Å². The number of nitrogens with zero attached hydrogens (tertiary/aromatic N) is 3. The van der Waals surface area contributed by atoms with Crippen molar-refractivity contribution in [1.82, 2.24) is 15.0 Å². The van der Waals surface area contributed by atoms with Crippen LogP contribution in [0, 0.1) is 13.8 Å². The minimum Gasteiger partial charge on any atom is -0.398 e. The summed E-state index contributed by atoms with van der Waals surface area (Å²) in [6.45, 7) is 3.97. The summed E-state index contributed by atoms with van der Waals surface area (Å²) in [5.41, 5.74) is 9.91. The van der Waals surface area contributed by atoms with Gasteiger partial charge in [0.25, 0.3) is 0 Å². The molecular formula is C12H14N4S. The standard InChI is InChI=1S/C12H14N4S/c1-8-5-15-10(9(2)12(8)13)6-17-11-3-4-14-7-16-11/h3-5,7H,6H2,1-2H3,(H2,13,15). The molecule has 2 aromatic heterocycles. The van der Waals surface area contributed by atoms with Crippen molar-refractivity contribution in [2.75, 3.05) is 5.73 Å². The first-order valence-electron chi connectivity index (χ1n) is 5.28. The highest BCUT2D eigenvalue weighted by Crippen LogP contribution is 2.24. The average Bonchev–Trinajstić information content (AvgIpc) is 2.36. The van der Waals surface area contributed by atoms with E-state index in [1.54, 1.807) is 24.3 Å². The van der Waals surface area contributed by atoms with Gasteiger partial charge >= 0.3 is 0 Å². The molecule has 0 radical (unpaired) electrons. The van der Waals surface area contributed by atoms with Gasteiger partial charge in [-0.3, -0.25) is 4.98 Å². The van der Waals surface area contributed by atoms with Crippen molar-refractivity contribution in [1.29, 1.82) is 0 Å². The van der Waals surface area contributed by atoms with Crippen LogP contribution in [0.3, 0.4) is 0 Å². The first-order valence-corrected chi connectivity index (χ1v) is 6.26. The van der Waals surface area contributed by atoms with E-state index in [1.165, 1.54) is 0 Å². The highest BCUT2D eigenvalue weighted by Gasteiger charge is 2.06. The van der Waals surface area contributed by atoms with Gasteiger partial charge in [0.2, 0.25) is 0 Å². The Morgan fingerprint density at radius 3 is 2.82 bits per heavy atom. The molecule has 0 bridgehead atoms. The van der Waals surface area contributed by atoms with Gasteiger partial charge in [0.1, 0.15) is 6.33 Å². The Kier molecular flexibility index (Phi) is 3.58. The van der Waals surface area contributed by atoms with Crippen molar-refractivity contribution >= 4 is 17.4 Å². The number of thioether (sulfide) groups is 1. The van der Waals surface area contributed by atoms with Crippen molar-refractivity contribution in [3.63, 3.8) is 0 Å². The zero-order chi connectivity index (χ0) is 12.3. The van der Waals surface area contributed by atoms with E-state index in [0.29, 0.717) is 0 Å². The van der Waals surface area contributed by atoms with Gasteiger partial charge in [0, 0.05) is 23.8 Å². The van der Waals surface area contributed by atoms with Crippen molar-refractivity contribution in [2.24, 2.45) is 0 Å². The molecule has 88 valence electrons. The molecule has 5 heteroatoms. The fraction of sp³-hybridized carbons (Fsp3) is 0.250. The van der Waals surface area contributed by atoms with Gasteiger partial charge in [-0.25, -0.2) is 9.97 Å². The molecule has 0 saturated heterocycles. The second kappa shape index (κ2) is 5.14. The SMILES string of the molecule is Cc1cnc(CSc2ccncn2)c(C)c1N. The third kappa shape index (κ3) is 2.74. The zero-order valence-electron chi connectivity index (χ0n) is 9.84. The topological polar surface area (TPSA) is 64.7 Å². The summed E-state index contributed by atoms with van der Waals surface area (Å²) < 4.78 is 0. The molecule has 2 heterocycles. The number of hydrogen-bond acceptors (Lipinski definition) is 5. The third-order valence-electron chi connectivity index (χ3n) is 2.59. The minimum atomic E-state index is 0.771. The first-order chi connectivity index (χ1) is 8.18. The van der Waals surface area contributed by atoms with Crippen LogP contribution in [0.5, 0.6) is 0 Å². The molecule has 0 aliphatic rings. The Balaban J connectivity index is 2.13. The zero-order valence-corrected chi connectivity index (χ0v) is 10.7. The summed E-state index contributed by atoms with van der Waals surface area (Å²) in [4.78, 5) is 12.4. The molecule has 0 spiro atoms. The molecule has 0 saturated carbocycles. The molecule has 2 rings (SSSR count). The maximum Gasteiger partial charge on any atom is 0.116 e. The molecule has 2 N–H and O–H groups in total. The molecule has 0 amide bonds. The molecule has 0 aliphatic heterocycles. The predicted octanol–water partition coefficient (Wildman–Crippen LogP) is 2.36. The second-order valence-electron chi connectivity index (χ2n) is 3.76. The third-order valence-corrected chi connectivity index (χ3v) is 3.54. The van der Waals surface area contributed by atoms with Gasteiger partial charge in [0.15, 0.2) is 0 Å². The average molecular weight is 246 g/mol. The van der Waals surface area contributed by atoms with E-state index >= 15 is 0 Å². The molecule has 0 atom stereocenters. The smallest absolute Gasteiger partial charge is 0.116 e. The summed E-state index contributed by atoms with van der Waals surface area (Å²) in [6, 6.07) is 1.89. The van der Waals surface area contributed by atoms with Crippen LogP contribution < -0.4 is 5.73 Å². The molecule has 0 aromatic carbocycles. The normalized spacial score (nSPS) is 10.5. The largest absolute Gasteiger partial charge is 0.398 e. The fourth-order valence-corrected chi connectivity index (χ4v) is 2.30. The lowest BCUT2D eigenvalue weighted by Gasteiger charge is -2.09. The molecule has 4 nitrogen and oxygen atoms in total. The fourth-order valence-electron chi connectivity index (χ4n) is 1.44. The maximum atomic E-state index is 5.98. The van der Waals surface area contributed by atoms with Crippen LogP contribution in [0.4, 0.5) is 5.69 Å². The number of nitrogen functional groups attached to an aromatic ring is 1. The van der Waals surface area contributed by atoms with E-state index in [4.69, 9.17) is 5.73 Å². The monoisotopic (exact) mass is 246 g/mol.